The SMILES string of the molecule is CC1(C)C[C@@H]2CCCNc3cccc(n3)S(=O)(=O)NC(=O)c3ccc(-n4ccc(OCCC5C6(CC6)C56CC6)n4)cc3N1C2. The molecule has 1 amide bonds. The molecule has 4 fully saturated rings. The maximum atomic E-state index is 13.7. The van der Waals surface area contributed by atoms with Gasteiger partial charge in [-0.1, -0.05) is 6.07 Å². The Morgan fingerprint density at radius 2 is 1.86 bits per heavy atom. The summed E-state index contributed by atoms with van der Waals surface area (Å²) in [5, 5.41) is 7.75. The summed E-state index contributed by atoms with van der Waals surface area (Å²) in [6.45, 7) is 6.51. The third kappa shape index (κ3) is 4.57. The van der Waals surface area contributed by atoms with Gasteiger partial charge in [-0.15, -0.1) is 5.10 Å². The highest BCUT2D eigenvalue weighted by Gasteiger charge is 2.85. The van der Waals surface area contributed by atoms with Crippen molar-refractivity contribution in [3.05, 3.63) is 54.2 Å². The van der Waals surface area contributed by atoms with E-state index in [0.29, 0.717) is 52.8 Å². The summed E-state index contributed by atoms with van der Waals surface area (Å²) in [5.41, 5.74) is 2.89. The van der Waals surface area contributed by atoms with Crippen LogP contribution in [0.5, 0.6) is 5.88 Å². The average molecular weight is 617 g/mol. The highest BCUT2D eigenvalue weighted by Crippen LogP contribution is 2.93. The van der Waals surface area contributed by atoms with Crippen molar-refractivity contribution in [3.63, 3.8) is 0 Å². The van der Waals surface area contributed by atoms with Crippen molar-refractivity contribution in [1.29, 1.82) is 0 Å². The predicted molar refractivity (Wildman–Crippen MR) is 167 cm³/mol. The molecular weight excluding hydrogens is 576 g/mol. The molecule has 3 aliphatic carbocycles. The summed E-state index contributed by atoms with van der Waals surface area (Å²) < 4.78 is 36.6. The molecule has 4 bridgehead atoms. The van der Waals surface area contributed by atoms with E-state index in [1.807, 2.05) is 18.3 Å². The third-order valence-electron chi connectivity index (χ3n) is 11.1. The van der Waals surface area contributed by atoms with Crippen LogP contribution in [0.1, 0.15) is 75.6 Å². The number of anilines is 2. The van der Waals surface area contributed by atoms with E-state index in [1.165, 1.54) is 31.7 Å². The Hall–Kier alpha value is -3.60. The molecule has 0 radical (unpaired) electrons. The van der Waals surface area contributed by atoms with E-state index in [0.717, 1.165) is 43.8 Å². The quantitative estimate of drug-likeness (QED) is 0.404. The lowest BCUT2D eigenvalue weighted by Gasteiger charge is -2.35. The van der Waals surface area contributed by atoms with Crippen LogP contribution in [0.15, 0.2) is 53.7 Å². The zero-order valence-corrected chi connectivity index (χ0v) is 26.2. The number of fused-ring (bicyclic) bond motifs is 7. The minimum Gasteiger partial charge on any atom is -0.477 e. The molecule has 2 spiro atoms. The van der Waals surface area contributed by atoms with Crippen LogP contribution in [0.4, 0.5) is 11.5 Å². The molecule has 5 aliphatic rings. The van der Waals surface area contributed by atoms with E-state index in [9.17, 15) is 13.2 Å². The van der Waals surface area contributed by atoms with Gasteiger partial charge in [0.15, 0.2) is 5.03 Å². The molecule has 1 aromatic carbocycles. The van der Waals surface area contributed by atoms with Gasteiger partial charge >= 0.3 is 0 Å². The number of carbonyl (C=O) groups is 1. The molecule has 232 valence electrons. The molecule has 10 nitrogen and oxygen atoms in total. The largest absolute Gasteiger partial charge is 0.477 e. The summed E-state index contributed by atoms with van der Waals surface area (Å²) in [5.74, 6) is 1.64. The fourth-order valence-electron chi connectivity index (χ4n) is 8.75. The summed E-state index contributed by atoms with van der Waals surface area (Å²) in [6, 6.07) is 12.1. The number of nitrogens with zero attached hydrogens (tertiary/aromatic N) is 4. The number of pyridine rings is 1. The van der Waals surface area contributed by atoms with Crippen LogP contribution in [0, 0.1) is 22.7 Å². The van der Waals surface area contributed by atoms with Crippen LogP contribution < -0.4 is 19.7 Å². The fourth-order valence-corrected chi connectivity index (χ4v) is 9.68. The van der Waals surface area contributed by atoms with Crippen molar-refractivity contribution in [2.45, 2.75) is 75.8 Å². The van der Waals surface area contributed by atoms with Gasteiger partial charge in [0.05, 0.1) is 23.5 Å². The molecule has 2 aliphatic heterocycles. The predicted octanol–water partition coefficient (Wildman–Crippen LogP) is 5.16. The van der Waals surface area contributed by atoms with Crippen molar-refractivity contribution >= 4 is 27.4 Å². The van der Waals surface area contributed by atoms with Crippen molar-refractivity contribution < 1.29 is 17.9 Å². The van der Waals surface area contributed by atoms with Crippen LogP contribution in [0.2, 0.25) is 0 Å². The van der Waals surface area contributed by atoms with E-state index in [4.69, 9.17) is 9.84 Å². The summed E-state index contributed by atoms with van der Waals surface area (Å²) in [6.07, 6.45) is 11.5. The summed E-state index contributed by atoms with van der Waals surface area (Å²) in [4.78, 5) is 20.2. The Morgan fingerprint density at radius 1 is 1.07 bits per heavy atom. The molecule has 2 aromatic heterocycles. The molecule has 2 N–H and O–H groups in total. The van der Waals surface area contributed by atoms with Crippen molar-refractivity contribution in [2.75, 3.05) is 29.9 Å². The standard InChI is InChI=1S/C33H40N6O4S/c1-31(2)20-22-5-4-16-34-27-6-3-7-29(35-27)44(41,42)37-30(40)24-9-8-23(19-25(24)38(31)21-22)39-17-10-28(36-39)43-18-11-26-32(12-13-32)33(26)14-15-33/h3,6-10,17,19,22,26H,4-5,11-16,18,20-21H2,1-2H3,(H,34,35)(H,37,40)/t22-/m0/s1. The van der Waals surface area contributed by atoms with E-state index >= 15 is 0 Å². The number of ether oxygens (including phenoxy) is 1. The maximum Gasteiger partial charge on any atom is 0.281 e. The number of rotatable bonds is 5. The van der Waals surface area contributed by atoms with Gasteiger partial charge in [0, 0.05) is 30.9 Å². The minimum atomic E-state index is -4.19. The first kappa shape index (κ1) is 27.9. The van der Waals surface area contributed by atoms with Crippen LogP contribution in [-0.4, -0.2) is 54.3 Å². The maximum absolute atomic E-state index is 13.7. The third-order valence-corrected chi connectivity index (χ3v) is 12.3. The lowest BCUT2D eigenvalue weighted by Crippen LogP contribution is -2.40. The Labute approximate surface area is 258 Å². The second-order valence-electron chi connectivity index (χ2n) is 14.2. The minimum absolute atomic E-state index is 0.198. The Bertz CT molecular complexity index is 1720. The number of aromatic nitrogens is 3. The monoisotopic (exact) mass is 616 g/mol. The van der Waals surface area contributed by atoms with E-state index in [2.05, 4.69) is 33.8 Å². The number of carbonyl (C=O) groups excluding carboxylic acids is 1. The fraction of sp³-hybridized carbons (Fsp3) is 0.545. The number of nitrogens with one attached hydrogen (secondary N) is 2. The first-order valence-corrected chi connectivity index (χ1v) is 17.5. The topological polar surface area (TPSA) is 118 Å². The van der Waals surface area contributed by atoms with Crippen LogP contribution >= 0.6 is 0 Å². The van der Waals surface area contributed by atoms with Gasteiger partial charge in [0.1, 0.15) is 5.82 Å². The van der Waals surface area contributed by atoms with Gasteiger partial charge in [0.25, 0.3) is 15.9 Å². The second kappa shape index (κ2) is 9.70. The van der Waals surface area contributed by atoms with Crippen LogP contribution in [0.25, 0.3) is 5.69 Å². The van der Waals surface area contributed by atoms with Crippen molar-refractivity contribution in [1.82, 2.24) is 19.5 Å². The number of benzene rings is 1. The first-order valence-electron chi connectivity index (χ1n) is 16.0. The van der Waals surface area contributed by atoms with Crippen LogP contribution in [0.3, 0.4) is 0 Å². The lowest BCUT2D eigenvalue weighted by atomic mass is 9.93. The van der Waals surface area contributed by atoms with Gasteiger partial charge in [-0.25, -0.2) is 14.4 Å². The number of amides is 1. The number of sulfonamides is 1. The lowest BCUT2D eigenvalue weighted by molar-refractivity contribution is 0.0981. The number of hydrogen-bond donors (Lipinski definition) is 2. The molecule has 44 heavy (non-hydrogen) atoms. The molecule has 8 rings (SSSR count). The van der Waals surface area contributed by atoms with Crippen molar-refractivity contribution in [2.24, 2.45) is 22.7 Å². The summed E-state index contributed by atoms with van der Waals surface area (Å²) in [7, 11) is -4.19. The zero-order chi connectivity index (χ0) is 30.3. The Morgan fingerprint density at radius 3 is 2.64 bits per heavy atom. The normalized spacial score (nSPS) is 25.4. The second-order valence-corrected chi connectivity index (χ2v) is 15.8. The van der Waals surface area contributed by atoms with Gasteiger partial charge in [-0.05, 0) is 118 Å². The number of hydrogen-bond acceptors (Lipinski definition) is 8. The summed E-state index contributed by atoms with van der Waals surface area (Å²) >= 11 is 0. The molecule has 3 saturated carbocycles. The first-order chi connectivity index (χ1) is 21.1. The van der Waals surface area contributed by atoms with Crippen LogP contribution in [-0.2, 0) is 10.0 Å². The molecular formula is C33H40N6O4S. The average Bonchev–Trinajstić information content (AvgIpc) is 3.94. The van der Waals surface area contributed by atoms with E-state index < -0.39 is 15.9 Å². The Kier molecular flexibility index (Phi) is 6.15. The molecule has 3 aromatic rings. The van der Waals surface area contributed by atoms with Crippen molar-refractivity contribution in [3.8, 4) is 11.6 Å². The van der Waals surface area contributed by atoms with Gasteiger partial charge in [-0.3, -0.25) is 4.79 Å². The highest BCUT2D eigenvalue weighted by atomic mass is 32.2. The smallest absolute Gasteiger partial charge is 0.281 e. The zero-order valence-electron chi connectivity index (χ0n) is 25.4. The van der Waals surface area contributed by atoms with E-state index in [1.54, 1.807) is 28.9 Å². The Balaban J connectivity index is 1.07. The highest BCUT2D eigenvalue weighted by molar-refractivity contribution is 7.90. The van der Waals surface area contributed by atoms with Gasteiger partial charge in [-0.2, -0.15) is 8.42 Å². The van der Waals surface area contributed by atoms with Gasteiger partial charge < -0.3 is 15.0 Å². The van der Waals surface area contributed by atoms with E-state index in [-0.39, 0.29) is 10.6 Å². The molecule has 0 unspecified atom stereocenters. The molecule has 11 heteroatoms. The molecule has 1 saturated heterocycles. The molecule has 4 heterocycles. The van der Waals surface area contributed by atoms with Gasteiger partial charge in [0.2, 0.25) is 5.88 Å². The molecule has 1 atom stereocenters.